The molecular weight excluding hydrogens is 396 g/mol. The first-order chi connectivity index (χ1) is 14.6. The number of anilines is 1. The maximum atomic E-state index is 12.6. The Labute approximate surface area is 183 Å². The summed E-state index contributed by atoms with van der Waals surface area (Å²) in [7, 11) is 0. The van der Waals surface area contributed by atoms with Crippen molar-refractivity contribution in [2.75, 3.05) is 49.1 Å². The second kappa shape index (κ2) is 11.0. The maximum Gasteiger partial charge on any atom is 0.252 e. The summed E-state index contributed by atoms with van der Waals surface area (Å²) in [5.74, 6) is 2.90. The Kier molecular flexibility index (Phi) is 8.13. The topological polar surface area (TPSA) is 65.5 Å². The lowest BCUT2D eigenvalue weighted by atomic mass is 10.1. The number of aromatic nitrogens is 1. The summed E-state index contributed by atoms with van der Waals surface area (Å²) in [5, 5.41) is 2.92. The summed E-state index contributed by atoms with van der Waals surface area (Å²) < 4.78 is 0. The van der Waals surface area contributed by atoms with Crippen molar-refractivity contribution in [2.45, 2.75) is 20.3 Å². The van der Waals surface area contributed by atoms with Crippen LogP contribution in [0.1, 0.15) is 28.4 Å². The van der Waals surface area contributed by atoms with Crippen molar-refractivity contribution in [2.24, 2.45) is 0 Å². The van der Waals surface area contributed by atoms with Crippen LogP contribution in [0.15, 0.2) is 42.6 Å². The molecule has 0 saturated carbocycles. The molecule has 2 amide bonds. The molecule has 160 valence electrons. The lowest BCUT2D eigenvalue weighted by molar-refractivity contribution is -0.130. The smallest absolute Gasteiger partial charge is 0.252 e. The first-order valence-corrected chi connectivity index (χ1v) is 11.6. The van der Waals surface area contributed by atoms with Crippen LogP contribution in [0.2, 0.25) is 0 Å². The number of rotatable bonds is 8. The van der Waals surface area contributed by atoms with Crippen LogP contribution in [0.3, 0.4) is 0 Å². The molecule has 1 aromatic carbocycles. The van der Waals surface area contributed by atoms with E-state index in [2.05, 4.69) is 22.1 Å². The summed E-state index contributed by atoms with van der Waals surface area (Å²) in [6, 6.07) is 11.8. The van der Waals surface area contributed by atoms with Crippen LogP contribution in [0, 0.1) is 6.92 Å². The van der Waals surface area contributed by atoms with Crippen LogP contribution in [0.4, 0.5) is 5.82 Å². The molecule has 0 radical (unpaired) electrons. The first kappa shape index (κ1) is 22.2. The highest BCUT2D eigenvalue weighted by atomic mass is 32.2. The van der Waals surface area contributed by atoms with Gasteiger partial charge >= 0.3 is 0 Å². The Morgan fingerprint density at radius 1 is 1.07 bits per heavy atom. The predicted molar refractivity (Wildman–Crippen MR) is 123 cm³/mol. The number of hydrogen-bond donors (Lipinski definition) is 1. The summed E-state index contributed by atoms with van der Waals surface area (Å²) >= 11 is 1.80. The molecular formula is C23H30N4O2S. The third-order valence-corrected chi connectivity index (χ3v) is 6.08. The van der Waals surface area contributed by atoms with E-state index >= 15 is 0 Å². The fraction of sp³-hybridized carbons (Fsp3) is 0.435. The summed E-state index contributed by atoms with van der Waals surface area (Å²) in [6.07, 6.45) is 2.08. The number of amides is 2. The minimum Gasteiger partial charge on any atom is -0.353 e. The predicted octanol–water partition coefficient (Wildman–Crippen LogP) is 2.76. The minimum absolute atomic E-state index is 0.0859. The Hall–Kier alpha value is -2.54. The van der Waals surface area contributed by atoms with Gasteiger partial charge in [-0.15, -0.1) is 0 Å². The molecule has 1 aliphatic rings. The van der Waals surface area contributed by atoms with Crippen LogP contribution in [0.5, 0.6) is 0 Å². The fourth-order valence-electron chi connectivity index (χ4n) is 3.37. The number of hydrogen-bond acceptors (Lipinski definition) is 5. The van der Waals surface area contributed by atoms with Crippen molar-refractivity contribution in [1.29, 1.82) is 0 Å². The van der Waals surface area contributed by atoms with Gasteiger partial charge in [-0.2, -0.15) is 11.8 Å². The van der Waals surface area contributed by atoms with E-state index in [9.17, 15) is 9.59 Å². The standard InChI is InChI=1S/C23H30N4O2S/c1-3-30-15-10-24-23(29)20-8-9-21(25-17-20)26-11-13-27(14-12-26)22(28)16-19-6-4-18(2)5-7-19/h4-9,17H,3,10-16H2,1-2H3,(H,24,29). The van der Waals surface area contributed by atoms with Gasteiger partial charge in [0, 0.05) is 44.7 Å². The molecule has 6 nitrogen and oxygen atoms in total. The van der Waals surface area contributed by atoms with Crippen molar-refractivity contribution in [3.05, 3.63) is 59.3 Å². The van der Waals surface area contributed by atoms with Gasteiger partial charge in [0.1, 0.15) is 5.82 Å². The highest BCUT2D eigenvalue weighted by Crippen LogP contribution is 2.15. The molecule has 30 heavy (non-hydrogen) atoms. The van der Waals surface area contributed by atoms with E-state index in [0.717, 1.165) is 36.0 Å². The Morgan fingerprint density at radius 3 is 2.43 bits per heavy atom. The molecule has 1 N–H and O–H groups in total. The molecule has 1 aliphatic heterocycles. The van der Waals surface area contributed by atoms with Crippen LogP contribution >= 0.6 is 11.8 Å². The highest BCUT2D eigenvalue weighted by molar-refractivity contribution is 7.99. The number of piperazine rings is 1. The molecule has 7 heteroatoms. The van der Waals surface area contributed by atoms with Gasteiger partial charge < -0.3 is 15.1 Å². The molecule has 1 aromatic heterocycles. The molecule has 0 aliphatic carbocycles. The number of benzene rings is 1. The molecule has 1 saturated heterocycles. The van der Waals surface area contributed by atoms with Gasteiger partial charge in [0.05, 0.1) is 12.0 Å². The third-order valence-electron chi connectivity index (χ3n) is 5.18. The van der Waals surface area contributed by atoms with E-state index in [1.54, 1.807) is 18.0 Å². The van der Waals surface area contributed by atoms with Gasteiger partial charge in [0.15, 0.2) is 0 Å². The van der Waals surface area contributed by atoms with Gasteiger partial charge in [-0.05, 0) is 30.4 Å². The molecule has 2 heterocycles. The minimum atomic E-state index is -0.0859. The lowest BCUT2D eigenvalue weighted by Crippen LogP contribution is -2.49. The molecule has 0 spiro atoms. The lowest BCUT2D eigenvalue weighted by Gasteiger charge is -2.35. The molecule has 0 unspecified atom stereocenters. The van der Waals surface area contributed by atoms with E-state index in [1.165, 1.54) is 5.56 Å². The fourth-order valence-corrected chi connectivity index (χ4v) is 3.90. The zero-order valence-electron chi connectivity index (χ0n) is 17.8. The van der Waals surface area contributed by atoms with Crippen LogP contribution in [0.25, 0.3) is 0 Å². The van der Waals surface area contributed by atoms with Crippen LogP contribution < -0.4 is 10.2 Å². The van der Waals surface area contributed by atoms with Crippen molar-refractivity contribution < 1.29 is 9.59 Å². The number of thioether (sulfide) groups is 1. The summed E-state index contributed by atoms with van der Waals surface area (Å²) in [6.45, 7) is 7.67. The SMILES string of the molecule is CCSCCNC(=O)c1ccc(N2CCN(C(=O)Cc3ccc(C)cc3)CC2)nc1. The highest BCUT2D eigenvalue weighted by Gasteiger charge is 2.22. The molecule has 1 fully saturated rings. The largest absolute Gasteiger partial charge is 0.353 e. The Morgan fingerprint density at radius 2 is 1.80 bits per heavy atom. The second-order valence-electron chi connectivity index (χ2n) is 7.39. The van der Waals surface area contributed by atoms with Crippen molar-refractivity contribution in [1.82, 2.24) is 15.2 Å². The van der Waals surface area contributed by atoms with Crippen molar-refractivity contribution in [3.8, 4) is 0 Å². The van der Waals surface area contributed by atoms with Crippen molar-refractivity contribution in [3.63, 3.8) is 0 Å². The molecule has 2 aromatic rings. The zero-order valence-corrected chi connectivity index (χ0v) is 18.6. The number of aryl methyl sites for hydroxylation is 1. The van der Waals surface area contributed by atoms with Gasteiger partial charge in [0.2, 0.25) is 5.91 Å². The Balaban J connectivity index is 1.46. The quantitative estimate of drug-likeness (QED) is 0.658. The average molecular weight is 427 g/mol. The van der Waals surface area contributed by atoms with Gasteiger partial charge in [-0.1, -0.05) is 36.8 Å². The normalized spacial score (nSPS) is 13.9. The zero-order chi connectivity index (χ0) is 21.3. The molecule has 0 atom stereocenters. The summed E-state index contributed by atoms with van der Waals surface area (Å²) in [4.78, 5) is 33.3. The van der Waals surface area contributed by atoms with Crippen LogP contribution in [-0.4, -0.2) is 65.9 Å². The van der Waals surface area contributed by atoms with E-state index < -0.39 is 0 Å². The van der Waals surface area contributed by atoms with E-state index in [4.69, 9.17) is 0 Å². The summed E-state index contributed by atoms with van der Waals surface area (Å²) in [5.41, 5.74) is 2.83. The average Bonchev–Trinajstić information content (AvgIpc) is 2.78. The van der Waals surface area contributed by atoms with Gasteiger partial charge in [-0.25, -0.2) is 4.98 Å². The number of nitrogens with one attached hydrogen (secondary N) is 1. The monoisotopic (exact) mass is 426 g/mol. The van der Waals surface area contributed by atoms with Crippen LogP contribution in [-0.2, 0) is 11.2 Å². The number of pyridine rings is 1. The molecule has 3 rings (SSSR count). The number of carbonyl (C=O) groups is 2. The Bertz CT molecular complexity index is 831. The number of carbonyl (C=O) groups excluding carboxylic acids is 2. The first-order valence-electron chi connectivity index (χ1n) is 10.5. The maximum absolute atomic E-state index is 12.6. The second-order valence-corrected chi connectivity index (χ2v) is 8.78. The van der Waals surface area contributed by atoms with E-state index in [-0.39, 0.29) is 11.8 Å². The molecule has 0 bridgehead atoms. The van der Waals surface area contributed by atoms with Gasteiger partial charge in [-0.3, -0.25) is 9.59 Å². The number of nitrogens with zero attached hydrogens (tertiary/aromatic N) is 3. The van der Waals surface area contributed by atoms with Gasteiger partial charge in [0.25, 0.3) is 5.91 Å². The third kappa shape index (κ3) is 6.23. The van der Waals surface area contributed by atoms with E-state index in [0.29, 0.717) is 31.6 Å². The van der Waals surface area contributed by atoms with E-state index in [1.807, 2.05) is 48.2 Å². The van der Waals surface area contributed by atoms with Crippen molar-refractivity contribution >= 4 is 29.4 Å².